The zero-order valence-electron chi connectivity index (χ0n) is 16.1. The van der Waals surface area contributed by atoms with Crippen LogP contribution in [-0.2, 0) is 17.9 Å². The summed E-state index contributed by atoms with van der Waals surface area (Å²) in [6.07, 6.45) is 7.73. The first-order valence-electron chi connectivity index (χ1n) is 9.86. The van der Waals surface area contributed by atoms with E-state index in [-0.39, 0.29) is 24.1 Å². The molecule has 7 nitrogen and oxygen atoms in total. The molecular weight excluding hydrogens is 354 g/mol. The van der Waals surface area contributed by atoms with Crippen LogP contribution in [0.25, 0.3) is 11.0 Å². The monoisotopic (exact) mass is 379 g/mol. The topological polar surface area (TPSA) is 73.0 Å². The summed E-state index contributed by atoms with van der Waals surface area (Å²) in [5.41, 5.74) is 1.66. The molecule has 0 aliphatic carbocycles. The SMILES string of the molecule is Cc1nc2ccccc2n(CC(=O)N2CCCC[C@H]2CCn2cccn2)c1=O. The maximum atomic E-state index is 13.2. The van der Waals surface area contributed by atoms with Crippen LogP contribution >= 0.6 is 0 Å². The molecule has 0 N–H and O–H groups in total. The summed E-state index contributed by atoms with van der Waals surface area (Å²) in [5.74, 6) is 0.00279. The summed E-state index contributed by atoms with van der Waals surface area (Å²) in [4.78, 5) is 32.2. The number of nitrogens with zero attached hydrogens (tertiary/aromatic N) is 5. The average Bonchev–Trinajstić information content (AvgIpc) is 3.23. The first-order valence-corrected chi connectivity index (χ1v) is 9.86. The lowest BCUT2D eigenvalue weighted by atomic mass is 9.99. The van der Waals surface area contributed by atoms with Gasteiger partial charge in [-0.25, -0.2) is 4.98 Å². The molecule has 0 bridgehead atoms. The minimum absolute atomic E-state index is 0.00279. The Morgan fingerprint density at radius 3 is 2.89 bits per heavy atom. The minimum atomic E-state index is -0.197. The fourth-order valence-corrected chi connectivity index (χ4v) is 4.05. The number of para-hydroxylation sites is 2. The van der Waals surface area contributed by atoms with E-state index in [2.05, 4.69) is 10.1 Å². The first kappa shape index (κ1) is 18.4. The quantitative estimate of drug-likeness (QED) is 0.682. The molecule has 0 spiro atoms. The molecule has 2 aromatic heterocycles. The zero-order valence-corrected chi connectivity index (χ0v) is 16.1. The van der Waals surface area contributed by atoms with Gasteiger partial charge in [0.25, 0.3) is 5.56 Å². The van der Waals surface area contributed by atoms with Crippen molar-refractivity contribution >= 4 is 16.9 Å². The molecule has 0 unspecified atom stereocenters. The predicted molar refractivity (Wildman–Crippen MR) is 107 cm³/mol. The molecule has 3 heterocycles. The van der Waals surface area contributed by atoms with E-state index in [0.717, 1.165) is 44.3 Å². The van der Waals surface area contributed by atoms with E-state index in [1.165, 1.54) is 0 Å². The molecule has 4 rings (SSSR count). The molecule has 1 amide bonds. The van der Waals surface area contributed by atoms with Crippen LogP contribution in [0.3, 0.4) is 0 Å². The van der Waals surface area contributed by atoms with Crippen LogP contribution in [0.1, 0.15) is 31.4 Å². The average molecular weight is 379 g/mol. The summed E-state index contributed by atoms with van der Waals surface area (Å²) >= 11 is 0. The van der Waals surface area contributed by atoms with E-state index in [4.69, 9.17) is 0 Å². The zero-order chi connectivity index (χ0) is 19.5. The van der Waals surface area contributed by atoms with Gasteiger partial charge in [-0.3, -0.25) is 18.8 Å². The number of carbonyl (C=O) groups is 1. The van der Waals surface area contributed by atoms with Gasteiger partial charge in [-0.1, -0.05) is 12.1 Å². The summed E-state index contributed by atoms with van der Waals surface area (Å²) in [6.45, 7) is 3.29. The number of likely N-dealkylation sites (tertiary alicyclic amines) is 1. The second-order valence-electron chi connectivity index (χ2n) is 7.37. The Labute approximate surface area is 163 Å². The minimum Gasteiger partial charge on any atom is -0.338 e. The summed E-state index contributed by atoms with van der Waals surface area (Å²) in [5, 5.41) is 4.25. The largest absolute Gasteiger partial charge is 0.338 e. The van der Waals surface area contributed by atoms with E-state index in [0.29, 0.717) is 11.2 Å². The smallest absolute Gasteiger partial charge is 0.272 e. The molecule has 1 aliphatic rings. The predicted octanol–water partition coefficient (Wildman–Crippen LogP) is 2.37. The van der Waals surface area contributed by atoms with Crippen molar-refractivity contribution in [2.45, 2.75) is 51.7 Å². The number of aryl methyl sites for hydroxylation is 2. The van der Waals surface area contributed by atoms with Crippen molar-refractivity contribution in [2.24, 2.45) is 0 Å². The summed E-state index contributed by atoms with van der Waals surface area (Å²) in [6, 6.07) is 9.58. The molecule has 7 heteroatoms. The Kier molecular flexibility index (Phi) is 5.23. The van der Waals surface area contributed by atoms with E-state index >= 15 is 0 Å². The van der Waals surface area contributed by atoms with Crippen LogP contribution < -0.4 is 5.56 Å². The standard InChI is InChI=1S/C21H25N5O2/c1-16-21(28)26(19-9-3-2-8-18(19)23-16)15-20(27)25-13-5-4-7-17(25)10-14-24-12-6-11-22-24/h2-3,6,8-9,11-12,17H,4-5,7,10,13-15H2,1H3/t17-/m0/s1. The lowest BCUT2D eigenvalue weighted by molar-refractivity contribution is -0.135. The third-order valence-corrected chi connectivity index (χ3v) is 5.51. The molecule has 1 aromatic carbocycles. The molecule has 1 atom stereocenters. The maximum Gasteiger partial charge on any atom is 0.272 e. The highest BCUT2D eigenvalue weighted by atomic mass is 16.2. The number of piperidine rings is 1. The number of hydrogen-bond acceptors (Lipinski definition) is 4. The Balaban J connectivity index is 1.56. The third kappa shape index (κ3) is 3.69. The van der Waals surface area contributed by atoms with Gasteiger partial charge in [0.1, 0.15) is 12.2 Å². The van der Waals surface area contributed by atoms with Crippen LogP contribution in [0, 0.1) is 6.92 Å². The normalized spacial score (nSPS) is 17.2. The summed E-state index contributed by atoms with van der Waals surface area (Å²) in [7, 11) is 0. The summed E-state index contributed by atoms with van der Waals surface area (Å²) < 4.78 is 3.47. The van der Waals surface area contributed by atoms with Gasteiger partial charge in [0.15, 0.2) is 0 Å². The van der Waals surface area contributed by atoms with Gasteiger partial charge in [-0.05, 0) is 50.8 Å². The van der Waals surface area contributed by atoms with Gasteiger partial charge >= 0.3 is 0 Å². The van der Waals surface area contributed by atoms with Crippen LogP contribution in [0.4, 0.5) is 0 Å². The van der Waals surface area contributed by atoms with Crippen molar-refractivity contribution in [3.8, 4) is 0 Å². The molecular formula is C21H25N5O2. The van der Waals surface area contributed by atoms with Gasteiger partial charge in [-0.2, -0.15) is 5.10 Å². The van der Waals surface area contributed by atoms with Gasteiger partial charge in [0, 0.05) is 31.5 Å². The number of carbonyl (C=O) groups excluding carboxylic acids is 1. The van der Waals surface area contributed by atoms with Crippen molar-refractivity contribution in [2.75, 3.05) is 6.54 Å². The number of aromatic nitrogens is 4. The lowest BCUT2D eigenvalue weighted by Gasteiger charge is -2.36. The van der Waals surface area contributed by atoms with E-state index < -0.39 is 0 Å². The number of benzene rings is 1. The van der Waals surface area contributed by atoms with Crippen molar-refractivity contribution < 1.29 is 4.79 Å². The Morgan fingerprint density at radius 1 is 1.21 bits per heavy atom. The molecule has 1 saturated heterocycles. The van der Waals surface area contributed by atoms with Gasteiger partial charge < -0.3 is 4.90 Å². The van der Waals surface area contributed by atoms with Crippen LogP contribution in [0.2, 0.25) is 0 Å². The molecule has 1 aliphatic heterocycles. The van der Waals surface area contributed by atoms with Gasteiger partial charge in [0.05, 0.1) is 11.0 Å². The van der Waals surface area contributed by atoms with Crippen molar-refractivity contribution in [1.29, 1.82) is 0 Å². The number of rotatable bonds is 5. The Morgan fingerprint density at radius 2 is 2.07 bits per heavy atom. The second-order valence-corrected chi connectivity index (χ2v) is 7.37. The van der Waals surface area contributed by atoms with E-state index in [1.54, 1.807) is 17.7 Å². The molecule has 146 valence electrons. The highest BCUT2D eigenvalue weighted by Crippen LogP contribution is 2.21. The second kappa shape index (κ2) is 7.96. The fraction of sp³-hybridized carbons (Fsp3) is 0.429. The van der Waals surface area contributed by atoms with Gasteiger partial charge in [0.2, 0.25) is 5.91 Å². The highest BCUT2D eigenvalue weighted by Gasteiger charge is 2.27. The highest BCUT2D eigenvalue weighted by molar-refractivity contribution is 5.80. The number of hydrogen-bond donors (Lipinski definition) is 0. The van der Waals surface area contributed by atoms with E-state index in [1.807, 2.05) is 46.1 Å². The van der Waals surface area contributed by atoms with Crippen molar-refractivity contribution in [3.05, 3.63) is 58.8 Å². The number of amides is 1. The molecule has 3 aromatic rings. The van der Waals surface area contributed by atoms with Crippen LogP contribution in [-0.4, -0.2) is 42.7 Å². The molecule has 1 fully saturated rings. The molecule has 0 radical (unpaired) electrons. The van der Waals surface area contributed by atoms with Crippen LogP contribution in [0.5, 0.6) is 0 Å². The molecule has 0 saturated carbocycles. The number of fused-ring (bicyclic) bond motifs is 1. The Hall–Kier alpha value is -2.96. The maximum absolute atomic E-state index is 13.2. The van der Waals surface area contributed by atoms with E-state index in [9.17, 15) is 9.59 Å². The molecule has 28 heavy (non-hydrogen) atoms. The third-order valence-electron chi connectivity index (χ3n) is 5.51. The van der Waals surface area contributed by atoms with Crippen LogP contribution in [0.15, 0.2) is 47.5 Å². The van der Waals surface area contributed by atoms with Crippen molar-refractivity contribution in [1.82, 2.24) is 24.2 Å². The first-order chi connectivity index (χ1) is 13.6. The lowest BCUT2D eigenvalue weighted by Crippen LogP contribution is -2.46. The van der Waals surface area contributed by atoms with Crippen molar-refractivity contribution in [3.63, 3.8) is 0 Å². The Bertz CT molecular complexity index is 1020. The fourth-order valence-electron chi connectivity index (χ4n) is 4.05. The van der Waals surface area contributed by atoms with Gasteiger partial charge in [-0.15, -0.1) is 0 Å².